The van der Waals surface area contributed by atoms with E-state index in [1.165, 1.54) is 69.8 Å². The van der Waals surface area contributed by atoms with E-state index in [4.69, 9.17) is 21.1 Å². The first-order valence-electron chi connectivity index (χ1n) is 14.5. The molecule has 5 nitrogen and oxygen atoms in total. The first kappa shape index (κ1) is 31.0. The summed E-state index contributed by atoms with van der Waals surface area (Å²) < 4.78 is 13.9. The molecule has 2 aromatic carbocycles. The third-order valence-corrected chi connectivity index (χ3v) is 7.56. The smallest absolute Gasteiger partial charge is 0.262 e. The van der Waals surface area contributed by atoms with Gasteiger partial charge in [-0.05, 0) is 30.7 Å². The molecule has 0 aliphatic heterocycles. The molecule has 212 valence electrons. The Kier molecular flexibility index (Phi) is 14.8. The van der Waals surface area contributed by atoms with Crippen molar-refractivity contribution in [2.24, 2.45) is 0 Å². The van der Waals surface area contributed by atoms with Gasteiger partial charge in [-0.2, -0.15) is 4.57 Å². The highest BCUT2D eigenvalue weighted by molar-refractivity contribution is 7.07. The predicted octanol–water partition coefficient (Wildman–Crippen LogP) is 8.83. The van der Waals surface area contributed by atoms with E-state index in [1.54, 1.807) is 29.5 Å². The van der Waals surface area contributed by atoms with Crippen molar-refractivity contribution in [1.82, 2.24) is 0 Å². The van der Waals surface area contributed by atoms with Crippen molar-refractivity contribution in [3.8, 4) is 11.5 Å². The number of amides is 1. The Morgan fingerprint density at radius 2 is 1.51 bits per heavy atom. The Morgan fingerprint density at radius 3 is 2.15 bits per heavy atom. The van der Waals surface area contributed by atoms with E-state index < -0.39 is 0 Å². The van der Waals surface area contributed by atoms with Crippen molar-refractivity contribution in [3.05, 3.63) is 70.1 Å². The molecule has 0 saturated carbocycles. The normalized spacial score (nSPS) is 10.9. The largest absolute Gasteiger partial charge is 0.490 e. The molecule has 0 unspecified atom stereocenters. The lowest BCUT2D eigenvalue weighted by molar-refractivity contribution is -0.683. The zero-order valence-corrected chi connectivity index (χ0v) is 24.9. The lowest BCUT2D eigenvalue weighted by Crippen LogP contribution is -2.30. The van der Waals surface area contributed by atoms with Crippen LogP contribution in [0.25, 0.3) is 0 Å². The molecular formula is C32H44ClN2O3S+. The number of ether oxygens (including phenoxy) is 2. The van der Waals surface area contributed by atoms with Crippen molar-refractivity contribution in [1.29, 1.82) is 0 Å². The summed E-state index contributed by atoms with van der Waals surface area (Å²) >= 11 is 7.85. The molecule has 1 amide bonds. The highest BCUT2D eigenvalue weighted by Gasteiger charge is 2.10. The number of anilines is 1. The first-order chi connectivity index (χ1) is 19.1. The molecule has 0 spiro atoms. The number of rotatable bonds is 20. The second kappa shape index (κ2) is 18.7. The number of halogens is 1. The minimum atomic E-state index is -0.225. The second-order valence-corrected chi connectivity index (χ2v) is 11.3. The number of aromatic nitrogens is 1. The number of nitrogens with zero attached hydrogens (tertiary/aromatic N) is 1. The number of benzene rings is 2. The van der Waals surface area contributed by atoms with Gasteiger partial charge >= 0.3 is 0 Å². The van der Waals surface area contributed by atoms with E-state index >= 15 is 0 Å². The predicted molar refractivity (Wildman–Crippen MR) is 162 cm³/mol. The van der Waals surface area contributed by atoms with Gasteiger partial charge in [0.2, 0.25) is 5.51 Å². The number of hydrogen-bond donors (Lipinski definition) is 1. The maximum atomic E-state index is 12.5. The first-order valence-corrected chi connectivity index (χ1v) is 15.8. The quantitative estimate of drug-likeness (QED) is 0.109. The summed E-state index contributed by atoms with van der Waals surface area (Å²) in [6, 6.07) is 13.1. The molecule has 1 aromatic heterocycles. The number of carbonyl (C=O) groups is 1. The SMILES string of the molecule is CCCCCCCCCCCCCCOc1cc(Cl)ccc1OCC(=O)Nc1ccc(C[n+]2ccsc2)cc1. The summed E-state index contributed by atoms with van der Waals surface area (Å²) in [6.45, 7) is 3.57. The summed E-state index contributed by atoms with van der Waals surface area (Å²) in [5.74, 6) is 0.877. The van der Waals surface area contributed by atoms with Crippen LogP contribution in [0.2, 0.25) is 5.02 Å². The maximum absolute atomic E-state index is 12.5. The molecule has 1 N–H and O–H groups in total. The third kappa shape index (κ3) is 12.9. The summed E-state index contributed by atoms with van der Waals surface area (Å²) in [5.41, 5.74) is 3.98. The van der Waals surface area contributed by atoms with Gasteiger partial charge in [-0.1, -0.05) is 113 Å². The van der Waals surface area contributed by atoms with Crippen LogP contribution >= 0.6 is 22.9 Å². The van der Waals surface area contributed by atoms with Crippen molar-refractivity contribution in [2.75, 3.05) is 18.5 Å². The number of unbranched alkanes of at least 4 members (excludes halogenated alkanes) is 11. The molecular weight excluding hydrogens is 528 g/mol. The fraction of sp³-hybridized carbons (Fsp3) is 0.500. The molecule has 0 saturated heterocycles. The summed E-state index contributed by atoms with van der Waals surface area (Å²) in [6.07, 6.45) is 17.7. The lowest BCUT2D eigenvalue weighted by Gasteiger charge is -2.13. The molecule has 1 heterocycles. The second-order valence-electron chi connectivity index (χ2n) is 10.1. The van der Waals surface area contributed by atoms with Crippen molar-refractivity contribution in [3.63, 3.8) is 0 Å². The number of thiazole rings is 1. The Hall–Kier alpha value is -2.57. The van der Waals surface area contributed by atoms with Crippen LogP contribution in [0.1, 0.15) is 89.5 Å². The maximum Gasteiger partial charge on any atom is 0.262 e. The fourth-order valence-electron chi connectivity index (χ4n) is 4.44. The zero-order valence-electron chi connectivity index (χ0n) is 23.3. The average Bonchev–Trinajstić information content (AvgIpc) is 3.45. The molecule has 0 bridgehead atoms. The highest BCUT2D eigenvalue weighted by Crippen LogP contribution is 2.30. The van der Waals surface area contributed by atoms with Crippen molar-refractivity contribution >= 4 is 34.5 Å². The van der Waals surface area contributed by atoms with E-state index in [-0.39, 0.29) is 12.5 Å². The van der Waals surface area contributed by atoms with Crippen molar-refractivity contribution < 1.29 is 18.8 Å². The molecule has 0 radical (unpaired) electrons. The Balaban J connectivity index is 1.30. The van der Waals surface area contributed by atoms with Gasteiger partial charge in [0, 0.05) is 22.3 Å². The van der Waals surface area contributed by atoms with Gasteiger partial charge in [0.15, 0.2) is 30.8 Å². The van der Waals surface area contributed by atoms with Gasteiger partial charge in [0.1, 0.15) is 0 Å². The molecule has 0 aliphatic carbocycles. The molecule has 0 fully saturated rings. The van der Waals surface area contributed by atoms with E-state index in [2.05, 4.69) is 22.3 Å². The standard InChI is InChI=1S/C32H43ClN2O3S/c1-2-3-4-5-6-7-8-9-10-11-12-13-21-37-31-23-28(33)16-19-30(31)38-25-32(36)34-29-17-14-27(15-18-29)24-35-20-22-39-26-35/h14-20,22-23,26H,2-13,21,24-25H2,1H3/p+1. The lowest BCUT2D eigenvalue weighted by atomic mass is 10.1. The number of hydrogen-bond acceptors (Lipinski definition) is 4. The highest BCUT2D eigenvalue weighted by atomic mass is 35.5. The van der Waals surface area contributed by atoms with Gasteiger partial charge in [-0.25, -0.2) is 0 Å². The van der Waals surface area contributed by atoms with Gasteiger partial charge in [0.25, 0.3) is 5.91 Å². The van der Waals surface area contributed by atoms with Gasteiger partial charge in [0.05, 0.1) is 12.0 Å². The molecule has 0 atom stereocenters. The van der Waals surface area contributed by atoms with Crippen LogP contribution in [0.4, 0.5) is 5.69 Å². The molecule has 39 heavy (non-hydrogen) atoms. The summed E-state index contributed by atoms with van der Waals surface area (Å²) in [7, 11) is 0. The fourth-order valence-corrected chi connectivity index (χ4v) is 5.20. The van der Waals surface area contributed by atoms with Crippen LogP contribution in [-0.2, 0) is 11.3 Å². The average molecular weight is 572 g/mol. The Bertz CT molecular complexity index is 1070. The van der Waals surface area contributed by atoms with Crippen LogP contribution in [0, 0.1) is 0 Å². The van der Waals surface area contributed by atoms with E-state index in [9.17, 15) is 4.79 Å². The van der Waals surface area contributed by atoms with Gasteiger partial charge in [-0.3, -0.25) is 4.79 Å². The van der Waals surface area contributed by atoms with Gasteiger partial charge < -0.3 is 14.8 Å². The van der Waals surface area contributed by atoms with E-state index in [0.717, 1.165) is 25.1 Å². The Labute approximate surface area is 243 Å². The van der Waals surface area contributed by atoms with Gasteiger partial charge in [-0.15, -0.1) is 0 Å². The van der Waals surface area contributed by atoms with Crippen LogP contribution in [0.5, 0.6) is 11.5 Å². The number of nitrogens with one attached hydrogen (secondary N) is 1. The minimum Gasteiger partial charge on any atom is -0.490 e. The van der Waals surface area contributed by atoms with Crippen molar-refractivity contribution in [2.45, 2.75) is 90.5 Å². The summed E-state index contributed by atoms with van der Waals surface area (Å²) in [5, 5.41) is 5.52. The van der Waals surface area contributed by atoms with E-state index in [1.807, 2.05) is 35.8 Å². The molecule has 7 heteroatoms. The molecule has 3 rings (SSSR count). The molecule has 0 aliphatic rings. The Morgan fingerprint density at radius 1 is 0.846 bits per heavy atom. The van der Waals surface area contributed by atoms with Crippen LogP contribution < -0.4 is 19.4 Å². The van der Waals surface area contributed by atoms with E-state index in [0.29, 0.717) is 23.1 Å². The zero-order chi connectivity index (χ0) is 27.5. The monoisotopic (exact) mass is 571 g/mol. The van der Waals surface area contributed by atoms with Crippen LogP contribution in [0.3, 0.4) is 0 Å². The number of carbonyl (C=O) groups excluding carboxylic acids is 1. The minimum absolute atomic E-state index is 0.108. The third-order valence-electron chi connectivity index (χ3n) is 6.65. The van der Waals surface area contributed by atoms with Crippen LogP contribution in [0.15, 0.2) is 59.6 Å². The topological polar surface area (TPSA) is 51.4 Å². The summed E-state index contributed by atoms with van der Waals surface area (Å²) in [4.78, 5) is 12.5. The molecule has 3 aromatic rings. The van der Waals surface area contributed by atoms with Crippen LogP contribution in [-0.4, -0.2) is 19.1 Å².